The topological polar surface area (TPSA) is 67.0 Å². The van der Waals surface area contributed by atoms with Gasteiger partial charge < -0.3 is 10.1 Å². The maximum atomic E-state index is 11.6. The van der Waals surface area contributed by atoms with Crippen LogP contribution in [0.2, 0.25) is 0 Å². The van der Waals surface area contributed by atoms with Crippen molar-refractivity contribution in [1.82, 2.24) is 15.5 Å². The minimum atomic E-state index is -0.160. The first-order valence-electron chi connectivity index (χ1n) is 7.21. The van der Waals surface area contributed by atoms with Crippen LogP contribution in [-0.2, 0) is 6.54 Å². The number of nitrogens with one attached hydrogen (secondary N) is 2. The normalized spacial score (nSPS) is 10.6. The van der Waals surface area contributed by atoms with Gasteiger partial charge in [-0.1, -0.05) is 13.3 Å². The molecule has 0 bridgehead atoms. The molecule has 1 aromatic heterocycles. The van der Waals surface area contributed by atoms with Crippen molar-refractivity contribution in [3.8, 4) is 17.0 Å². The highest BCUT2D eigenvalue weighted by Crippen LogP contribution is 2.20. The molecule has 1 aromatic carbocycles. The van der Waals surface area contributed by atoms with Crippen LogP contribution < -0.4 is 15.6 Å². The quantitative estimate of drug-likeness (QED) is 0.767. The summed E-state index contributed by atoms with van der Waals surface area (Å²) >= 11 is 0. The second-order valence-electron chi connectivity index (χ2n) is 4.86. The number of hydrogen-bond donors (Lipinski definition) is 2. The number of benzene rings is 1. The van der Waals surface area contributed by atoms with Gasteiger partial charge in [-0.15, -0.1) is 0 Å². The Bertz CT molecular complexity index is 620. The van der Waals surface area contributed by atoms with Gasteiger partial charge in [0.1, 0.15) is 5.75 Å². The fourth-order valence-corrected chi connectivity index (χ4v) is 1.97. The van der Waals surface area contributed by atoms with Gasteiger partial charge >= 0.3 is 0 Å². The standard InChI is InChI=1S/C16H21N3O2/c1-3-4-9-21-14-7-5-12(6-8-14)15-10-13(11-17-2)16(20)19-18-15/h5-8,10,17H,3-4,9,11H2,1-2H3,(H,19,20). The van der Waals surface area contributed by atoms with E-state index in [0.29, 0.717) is 12.1 Å². The summed E-state index contributed by atoms with van der Waals surface area (Å²) in [5.74, 6) is 0.854. The van der Waals surface area contributed by atoms with Gasteiger partial charge in [-0.3, -0.25) is 4.79 Å². The Labute approximate surface area is 124 Å². The number of unbranched alkanes of at least 4 members (excludes halogenated alkanes) is 1. The highest BCUT2D eigenvalue weighted by molar-refractivity contribution is 5.60. The van der Waals surface area contributed by atoms with Crippen molar-refractivity contribution in [1.29, 1.82) is 0 Å². The Balaban J connectivity index is 2.14. The number of H-pyrrole nitrogens is 1. The largest absolute Gasteiger partial charge is 0.494 e. The number of aromatic amines is 1. The van der Waals surface area contributed by atoms with Crippen LogP contribution in [0.15, 0.2) is 35.1 Å². The molecule has 5 nitrogen and oxygen atoms in total. The molecule has 21 heavy (non-hydrogen) atoms. The van der Waals surface area contributed by atoms with E-state index in [1.165, 1.54) is 0 Å². The Morgan fingerprint density at radius 1 is 1.29 bits per heavy atom. The molecule has 0 aliphatic carbocycles. The van der Waals surface area contributed by atoms with Gasteiger partial charge in [-0.25, -0.2) is 5.10 Å². The highest BCUT2D eigenvalue weighted by Gasteiger charge is 2.05. The Kier molecular flexibility index (Phi) is 5.51. The molecule has 0 aliphatic heterocycles. The highest BCUT2D eigenvalue weighted by atomic mass is 16.5. The van der Waals surface area contributed by atoms with Gasteiger partial charge in [0.25, 0.3) is 5.56 Å². The van der Waals surface area contributed by atoms with Crippen LogP contribution in [0.5, 0.6) is 5.75 Å². The van der Waals surface area contributed by atoms with E-state index >= 15 is 0 Å². The van der Waals surface area contributed by atoms with Gasteiger partial charge in [0.2, 0.25) is 0 Å². The first-order valence-corrected chi connectivity index (χ1v) is 7.21. The average Bonchev–Trinajstić information content (AvgIpc) is 2.51. The fraction of sp³-hybridized carbons (Fsp3) is 0.375. The SMILES string of the molecule is CCCCOc1ccc(-c2cc(CNC)c(=O)[nH]n2)cc1. The van der Waals surface area contributed by atoms with Crippen molar-refractivity contribution in [3.63, 3.8) is 0 Å². The van der Waals surface area contributed by atoms with Crippen LogP contribution in [0, 0.1) is 0 Å². The van der Waals surface area contributed by atoms with E-state index in [1.807, 2.05) is 37.4 Å². The Morgan fingerprint density at radius 3 is 2.71 bits per heavy atom. The molecule has 0 atom stereocenters. The third-order valence-electron chi connectivity index (χ3n) is 3.16. The van der Waals surface area contributed by atoms with Crippen LogP contribution in [0.1, 0.15) is 25.3 Å². The minimum Gasteiger partial charge on any atom is -0.494 e. The van der Waals surface area contributed by atoms with Gasteiger partial charge in [-0.05, 0) is 43.8 Å². The summed E-state index contributed by atoms with van der Waals surface area (Å²) in [5.41, 5.74) is 2.21. The van der Waals surface area contributed by atoms with E-state index in [0.717, 1.165) is 36.5 Å². The predicted octanol–water partition coefficient (Wildman–Crippen LogP) is 2.34. The smallest absolute Gasteiger partial charge is 0.268 e. The summed E-state index contributed by atoms with van der Waals surface area (Å²) in [6, 6.07) is 9.56. The summed E-state index contributed by atoms with van der Waals surface area (Å²) in [5, 5.41) is 9.60. The van der Waals surface area contributed by atoms with E-state index in [4.69, 9.17) is 4.74 Å². The molecule has 0 saturated carbocycles. The summed E-state index contributed by atoms with van der Waals surface area (Å²) in [4.78, 5) is 11.6. The number of aromatic nitrogens is 2. The van der Waals surface area contributed by atoms with Crippen molar-refractivity contribution >= 4 is 0 Å². The molecule has 0 amide bonds. The third-order valence-corrected chi connectivity index (χ3v) is 3.16. The van der Waals surface area contributed by atoms with Gasteiger partial charge in [0.05, 0.1) is 12.3 Å². The van der Waals surface area contributed by atoms with E-state index < -0.39 is 0 Å². The molecular formula is C16H21N3O2. The molecule has 0 unspecified atom stereocenters. The summed E-state index contributed by atoms with van der Waals surface area (Å²) in [6.45, 7) is 3.39. The van der Waals surface area contributed by atoms with E-state index in [-0.39, 0.29) is 5.56 Å². The molecule has 2 N–H and O–H groups in total. The zero-order chi connectivity index (χ0) is 15.1. The average molecular weight is 287 g/mol. The van der Waals surface area contributed by atoms with Crippen LogP contribution >= 0.6 is 0 Å². The van der Waals surface area contributed by atoms with Crippen molar-refractivity contribution in [2.45, 2.75) is 26.3 Å². The molecular weight excluding hydrogens is 266 g/mol. The molecule has 0 fully saturated rings. The van der Waals surface area contributed by atoms with Gasteiger partial charge in [0, 0.05) is 17.7 Å². The van der Waals surface area contributed by atoms with E-state index in [9.17, 15) is 4.79 Å². The first kappa shape index (κ1) is 15.3. The number of nitrogens with zero attached hydrogens (tertiary/aromatic N) is 1. The molecule has 1 heterocycles. The maximum absolute atomic E-state index is 11.6. The minimum absolute atomic E-state index is 0.160. The lowest BCUT2D eigenvalue weighted by Crippen LogP contribution is -2.19. The zero-order valence-corrected chi connectivity index (χ0v) is 12.5. The lowest BCUT2D eigenvalue weighted by Gasteiger charge is -2.07. The van der Waals surface area contributed by atoms with Crippen molar-refractivity contribution in [3.05, 3.63) is 46.2 Å². The first-order chi connectivity index (χ1) is 10.2. The molecule has 5 heteroatoms. The number of hydrogen-bond acceptors (Lipinski definition) is 4. The van der Waals surface area contributed by atoms with Crippen LogP contribution in [-0.4, -0.2) is 23.9 Å². The molecule has 0 saturated heterocycles. The third kappa shape index (κ3) is 4.16. The summed E-state index contributed by atoms with van der Waals surface area (Å²) < 4.78 is 5.63. The number of rotatable bonds is 7. The monoisotopic (exact) mass is 287 g/mol. The van der Waals surface area contributed by atoms with Gasteiger partial charge in [0.15, 0.2) is 0 Å². The molecule has 0 spiro atoms. The molecule has 112 valence electrons. The van der Waals surface area contributed by atoms with E-state index in [1.54, 1.807) is 0 Å². The fourth-order valence-electron chi connectivity index (χ4n) is 1.97. The van der Waals surface area contributed by atoms with Crippen molar-refractivity contribution in [2.75, 3.05) is 13.7 Å². The van der Waals surface area contributed by atoms with Crippen molar-refractivity contribution in [2.24, 2.45) is 0 Å². The lowest BCUT2D eigenvalue weighted by molar-refractivity contribution is 0.309. The molecule has 0 aliphatic rings. The Morgan fingerprint density at radius 2 is 2.05 bits per heavy atom. The predicted molar refractivity (Wildman–Crippen MR) is 83.5 cm³/mol. The summed E-state index contributed by atoms with van der Waals surface area (Å²) in [7, 11) is 1.81. The van der Waals surface area contributed by atoms with Crippen molar-refractivity contribution < 1.29 is 4.74 Å². The maximum Gasteiger partial charge on any atom is 0.268 e. The molecule has 2 aromatic rings. The Hall–Kier alpha value is -2.14. The van der Waals surface area contributed by atoms with Gasteiger partial charge in [-0.2, -0.15) is 5.10 Å². The second-order valence-corrected chi connectivity index (χ2v) is 4.86. The lowest BCUT2D eigenvalue weighted by atomic mass is 10.1. The zero-order valence-electron chi connectivity index (χ0n) is 12.5. The number of ether oxygens (including phenoxy) is 1. The van der Waals surface area contributed by atoms with Crippen LogP contribution in [0.3, 0.4) is 0 Å². The van der Waals surface area contributed by atoms with E-state index in [2.05, 4.69) is 22.4 Å². The molecule has 2 rings (SSSR count). The molecule has 0 radical (unpaired) electrons. The van der Waals surface area contributed by atoms with Crippen LogP contribution in [0.4, 0.5) is 0 Å². The van der Waals surface area contributed by atoms with Crippen LogP contribution in [0.25, 0.3) is 11.3 Å². The second kappa shape index (κ2) is 7.59. The summed E-state index contributed by atoms with van der Waals surface area (Å²) in [6.07, 6.45) is 2.17.